The molecule has 28 heavy (non-hydrogen) atoms. The fourth-order valence-electron chi connectivity index (χ4n) is 3.63. The fraction of sp³-hybridized carbons (Fsp3) is 0.444. The van der Waals surface area contributed by atoms with Crippen molar-refractivity contribution in [2.45, 2.75) is 25.7 Å². The summed E-state index contributed by atoms with van der Waals surface area (Å²) >= 11 is 0. The molecule has 2 aliphatic rings. The van der Waals surface area contributed by atoms with Gasteiger partial charge in [-0.15, -0.1) is 0 Å². The number of hydrogen-bond donors (Lipinski definition) is 1. The number of imide groups is 1. The van der Waals surface area contributed by atoms with Gasteiger partial charge < -0.3 is 10.1 Å². The Labute approximate surface area is 160 Å². The first-order valence-corrected chi connectivity index (χ1v) is 8.92. The van der Waals surface area contributed by atoms with Gasteiger partial charge in [-0.25, -0.2) is 0 Å². The number of carbonyl (C=O) groups is 4. The van der Waals surface area contributed by atoms with E-state index in [1.807, 2.05) is 0 Å². The maximum atomic E-state index is 12.3. The second kappa shape index (κ2) is 8.15. The van der Waals surface area contributed by atoms with E-state index in [4.69, 9.17) is 4.74 Å². The minimum atomic E-state index is -0.891. The quantitative estimate of drug-likeness (QED) is 0.335. The van der Waals surface area contributed by atoms with Crippen molar-refractivity contribution in [3.8, 4) is 0 Å². The summed E-state index contributed by atoms with van der Waals surface area (Å²) < 4.78 is 4.82. The molecular formula is C18H19N3O7. The Morgan fingerprint density at radius 2 is 1.75 bits per heavy atom. The molecule has 1 saturated heterocycles. The van der Waals surface area contributed by atoms with Crippen LogP contribution in [-0.4, -0.2) is 46.7 Å². The average Bonchev–Trinajstić information content (AvgIpc) is 2.92. The van der Waals surface area contributed by atoms with Gasteiger partial charge in [0.25, 0.3) is 11.6 Å². The Bertz CT molecular complexity index is 814. The number of nitrogens with zero attached hydrogens (tertiary/aromatic N) is 2. The van der Waals surface area contributed by atoms with Crippen LogP contribution in [-0.2, 0) is 23.9 Å². The molecule has 2 atom stereocenters. The lowest BCUT2D eigenvalue weighted by molar-refractivity contribution is -0.383. The number of likely N-dealkylation sites (tertiary alicyclic amines) is 1. The molecule has 10 heteroatoms. The van der Waals surface area contributed by atoms with Gasteiger partial charge in [0.2, 0.25) is 11.8 Å². The third-order valence-corrected chi connectivity index (χ3v) is 4.96. The van der Waals surface area contributed by atoms with Crippen molar-refractivity contribution < 1.29 is 28.8 Å². The number of amides is 3. The van der Waals surface area contributed by atoms with Crippen LogP contribution in [0.2, 0.25) is 0 Å². The van der Waals surface area contributed by atoms with Crippen molar-refractivity contribution in [2.75, 3.05) is 18.5 Å². The predicted molar refractivity (Wildman–Crippen MR) is 94.9 cm³/mol. The Hall–Kier alpha value is -3.30. The highest BCUT2D eigenvalue weighted by molar-refractivity contribution is 6.07. The monoisotopic (exact) mass is 389 g/mol. The smallest absolute Gasteiger partial charge is 0.326 e. The summed E-state index contributed by atoms with van der Waals surface area (Å²) in [5.74, 6) is -3.12. The van der Waals surface area contributed by atoms with Crippen LogP contribution < -0.4 is 5.32 Å². The van der Waals surface area contributed by atoms with Crippen LogP contribution in [0.3, 0.4) is 0 Å². The van der Waals surface area contributed by atoms with Crippen molar-refractivity contribution in [3.05, 3.63) is 34.4 Å². The second-order valence-corrected chi connectivity index (χ2v) is 6.74. The predicted octanol–water partition coefficient (Wildman–Crippen LogP) is 1.25. The topological polar surface area (TPSA) is 136 Å². The number of rotatable bonds is 6. The van der Waals surface area contributed by atoms with E-state index in [1.165, 1.54) is 24.3 Å². The molecule has 1 N–H and O–H groups in total. The van der Waals surface area contributed by atoms with E-state index in [-0.39, 0.29) is 35.0 Å². The van der Waals surface area contributed by atoms with Gasteiger partial charge >= 0.3 is 5.97 Å². The zero-order valence-corrected chi connectivity index (χ0v) is 15.0. The first-order valence-electron chi connectivity index (χ1n) is 8.92. The molecule has 0 aromatic heterocycles. The minimum absolute atomic E-state index is 0.0254. The highest BCUT2D eigenvalue weighted by Crippen LogP contribution is 2.37. The number of ether oxygens (including phenoxy) is 1. The van der Waals surface area contributed by atoms with Gasteiger partial charge in [0, 0.05) is 6.07 Å². The van der Waals surface area contributed by atoms with E-state index in [2.05, 4.69) is 5.32 Å². The number of nitrogens with one attached hydrogen (secondary N) is 1. The van der Waals surface area contributed by atoms with Crippen molar-refractivity contribution in [2.24, 2.45) is 11.8 Å². The van der Waals surface area contributed by atoms with Crippen molar-refractivity contribution in [1.29, 1.82) is 0 Å². The molecule has 0 unspecified atom stereocenters. The number of benzene rings is 1. The summed E-state index contributed by atoms with van der Waals surface area (Å²) in [6, 6.07) is 5.54. The van der Waals surface area contributed by atoms with Crippen LogP contribution in [0, 0.1) is 22.0 Å². The van der Waals surface area contributed by atoms with Crippen molar-refractivity contribution >= 4 is 35.1 Å². The molecule has 3 rings (SSSR count). The van der Waals surface area contributed by atoms with Crippen LogP contribution in [0.4, 0.5) is 11.4 Å². The lowest BCUT2D eigenvalue weighted by Gasteiger charge is -2.19. The van der Waals surface area contributed by atoms with Gasteiger partial charge in [-0.3, -0.25) is 34.2 Å². The zero-order valence-electron chi connectivity index (χ0n) is 15.0. The third kappa shape index (κ3) is 4.00. The van der Waals surface area contributed by atoms with Gasteiger partial charge in [0.15, 0.2) is 6.61 Å². The summed E-state index contributed by atoms with van der Waals surface area (Å²) in [7, 11) is 0. The average molecular weight is 389 g/mol. The van der Waals surface area contributed by atoms with E-state index >= 15 is 0 Å². The van der Waals surface area contributed by atoms with E-state index in [0.717, 1.165) is 17.7 Å². The molecule has 1 aromatic rings. The van der Waals surface area contributed by atoms with Gasteiger partial charge in [0.1, 0.15) is 12.2 Å². The number of fused-ring (bicyclic) bond motifs is 1. The Balaban J connectivity index is 1.52. The Kier molecular flexibility index (Phi) is 5.67. The zero-order chi connectivity index (χ0) is 20.3. The van der Waals surface area contributed by atoms with Crippen LogP contribution >= 0.6 is 0 Å². The first kappa shape index (κ1) is 19.5. The molecule has 10 nitrogen and oxygen atoms in total. The second-order valence-electron chi connectivity index (χ2n) is 6.74. The molecule has 1 saturated carbocycles. The number of nitro benzene ring substituents is 1. The van der Waals surface area contributed by atoms with Crippen LogP contribution in [0.5, 0.6) is 0 Å². The molecule has 148 valence electrons. The first-order chi connectivity index (χ1) is 13.4. The van der Waals surface area contributed by atoms with Crippen LogP contribution in [0.1, 0.15) is 25.7 Å². The fourth-order valence-corrected chi connectivity index (χ4v) is 3.63. The highest BCUT2D eigenvalue weighted by atomic mass is 16.6. The van der Waals surface area contributed by atoms with Gasteiger partial charge in [-0.05, 0) is 18.9 Å². The number of esters is 1. The number of anilines is 1. The van der Waals surface area contributed by atoms with E-state index in [0.29, 0.717) is 12.8 Å². The molecule has 1 heterocycles. The minimum Gasteiger partial charge on any atom is -0.454 e. The maximum Gasteiger partial charge on any atom is 0.326 e. The normalized spacial score (nSPS) is 21.2. The summed E-state index contributed by atoms with van der Waals surface area (Å²) in [6.45, 7) is -1.22. The number of nitro groups is 1. The van der Waals surface area contributed by atoms with E-state index in [1.54, 1.807) is 0 Å². The highest BCUT2D eigenvalue weighted by Gasteiger charge is 2.48. The summed E-state index contributed by atoms with van der Waals surface area (Å²) in [5, 5.41) is 13.2. The Morgan fingerprint density at radius 3 is 2.36 bits per heavy atom. The van der Waals surface area contributed by atoms with Crippen LogP contribution in [0.15, 0.2) is 24.3 Å². The Morgan fingerprint density at radius 1 is 1.14 bits per heavy atom. The molecule has 1 aliphatic carbocycles. The number of para-hydroxylation sites is 2. The van der Waals surface area contributed by atoms with Crippen LogP contribution in [0.25, 0.3) is 0 Å². The van der Waals surface area contributed by atoms with Gasteiger partial charge in [0.05, 0.1) is 16.8 Å². The lowest BCUT2D eigenvalue weighted by atomic mass is 9.81. The molecule has 1 aromatic carbocycles. The molecular weight excluding hydrogens is 370 g/mol. The van der Waals surface area contributed by atoms with Crippen molar-refractivity contribution in [3.63, 3.8) is 0 Å². The molecule has 3 amide bonds. The van der Waals surface area contributed by atoms with Crippen molar-refractivity contribution in [1.82, 2.24) is 4.90 Å². The molecule has 0 spiro atoms. The molecule has 2 fully saturated rings. The molecule has 1 aliphatic heterocycles. The summed E-state index contributed by atoms with van der Waals surface area (Å²) in [5.41, 5.74) is -0.319. The van der Waals surface area contributed by atoms with E-state index < -0.39 is 30.0 Å². The maximum absolute atomic E-state index is 12.3. The SMILES string of the molecule is O=C(COC(=O)CN1C(=O)[C@H]2CCCC[C@@H]2C1=O)Nc1ccccc1[N+](=O)[O-]. The van der Waals surface area contributed by atoms with Gasteiger partial charge in [-0.2, -0.15) is 0 Å². The third-order valence-electron chi connectivity index (χ3n) is 4.96. The number of hydrogen-bond acceptors (Lipinski definition) is 7. The standard InChI is InChI=1S/C18H19N3O7/c22-15(19-13-7-3-4-8-14(13)21(26)27)10-28-16(23)9-20-17(24)11-5-1-2-6-12(11)18(20)25/h3-4,7-8,11-12H,1-2,5-6,9-10H2,(H,19,22)/t11-,12-/m0/s1. The summed E-state index contributed by atoms with van der Waals surface area (Å²) in [6.07, 6.45) is 3.03. The van der Waals surface area contributed by atoms with Gasteiger partial charge in [-0.1, -0.05) is 25.0 Å². The molecule has 0 bridgehead atoms. The summed E-state index contributed by atoms with van der Waals surface area (Å²) in [4.78, 5) is 59.7. The largest absolute Gasteiger partial charge is 0.454 e. The molecule has 0 radical (unpaired) electrons. The van der Waals surface area contributed by atoms with E-state index in [9.17, 15) is 29.3 Å². The number of carbonyl (C=O) groups excluding carboxylic acids is 4. The lowest BCUT2D eigenvalue weighted by Crippen LogP contribution is -2.37.